The first-order valence-electron chi connectivity index (χ1n) is 5.73. The molecule has 1 amide bonds. The Balaban J connectivity index is 2.37. The van der Waals surface area contributed by atoms with Gasteiger partial charge in [-0.2, -0.15) is 0 Å². The van der Waals surface area contributed by atoms with Gasteiger partial charge < -0.3 is 15.3 Å². The van der Waals surface area contributed by atoms with Crippen LogP contribution < -0.4 is 5.32 Å². The van der Waals surface area contributed by atoms with Gasteiger partial charge in [0.25, 0.3) is 0 Å². The molecule has 1 rings (SSSR count). The van der Waals surface area contributed by atoms with Crippen LogP contribution >= 0.6 is 0 Å². The maximum atomic E-state index is 11.6. The highest BCUT2D eigenvalue weighted by atomic mass is 16.3. The number of hydrogen-bond acceptors (Lipinski definition) is 3. The fraction of sp³-hybridized carbons (Fsp3) is 0.909. The number of nitrogens with one attached hydrogen (secondary N) is 1. The number of amides is 1. The zero-order valence-corrected chi connectivity index (χ0v) is 9.75. The van der Waals surface area contributed by atoms with Gasteiger partial charge in [-0.1, -0.05) is 12.8 Å². The van der Waals surface area contributed by atoms with Crippen LogP contribution in [0.5, 0.6) is 0 Å². The molecule has 0 atom stereocenters. The Hall–Kier alpha value is -0.610. The molecule has 0 heterocycles. The van der Waals surface area contributed by atoms with E-state index in [1.165, 1.54) is 0 Å². The van der Waals surface area contributed by atoms with Gasteiger partial charge >= 0.3 is 0 Å². The van der Waals surface area contributed by atoms with Gasteiger partial charge in [-0.3, -0.25) is 4.79 Å². The number of hydrogen-bond donors (Lipinski definition) is 2. The number of likely N-dealkylation sites (N-methyl/N-ethyl adjacent to an activating group) is 1. The monoisotopic (exact) mass is 214 g/mol. The SMILES string of the molecule is CCN(C)C(=O)CNC1(CO)CCCC1. The summed E-state index contributed by atoms with van der Waals surface area (Å²) in [4.78, 5) is 13.3. The van der Waals surface area contributed by atoms with E-state index in [4.69, 9.17) is 0 Å². The summed E-state index contributed by atoms with van der Waals surface area (Å²) in [5.41, 5.74) is -0.190. The van der Waals surface area contributed by atoms with E-state index in [0.29, 0.717) is 6.54 Å². The summed E-state index contributed by atoms with van der Waals surface area (Å²) in [6.45, 7) is 3.16. The van der Waals surface area contributed by atoms with Crippen LogP contribution in [0.4, 0.5) is 0 Å². The quantitative estimate of drug-likeness (QED) is 0.695. The van der Waals surface area contributed by atoms with Crippen molar-refractivity contribution in [2.75, 3.05) is 26.7 Å². The second kappa shape index (κ2) is 5.47. The molecule has 4 nitrogen and oxygen atoms in total. The molecule has 88 valence electrons. The molecule has 0 aliphatic heterocycles. The minimum atomic E-state index is -0.190. The van der Waals surface area contributed by atoms with Crippen LogP contribution in [0, 0.1) is 0 Å². The predicted octanol–water partition coefficient (Wildman–Crippen LogP) is 0.359. The third-order valence-electron chi connectivity index (χ3n) is 3.38. The molecule has 0 unspecified atom stereocenters. The molecule has 1 aliphatic rings. The van der Waals surface area contributed by atoms with E-state index in [2.05, 4.69) is 5.32 Å². The van der Waals surface area contributed by atoms with Gasteiger partial charge in [-0.25, -0.2) is 0 Å². The second-order valence-corrected chi connectivity index (χ2v) is 4.41. The van der Waals surface area contributed by atoms with Gasteiger partial charge in [0, 0.05) is 19.1 Å². The topological polar surface area (TPSA) is 52.6 Å². The average molecular weight is 214 g/mol. The predicted molar refractivity (Wildman–Crippen MR) is 59.6 cm³/mol. The molecular weight excluding hydrogens is 192 g/mol. The van der Waals surface area contributed by atoms with E-state index >= 15 is 0 Å². The lowest BCUT2D eigenvalue weighted by atomic mass is 9.99. The summed E-state index contributed by atoms with van der Waals surface area (Å²) in [6, 6.07) is 0. The number of carbonyl (C=O) groups is 1. The van der Waals surface area contributed by atoms with E-state index in [9.17, 15) is 9.90 Å². The lowest BCUT2D eigenvalue weighted by molar-refractivity contribution is -0.129. The summed E-state index contributed by atoms with van der Waals surface area (Å²) in [5.74, 6) is 0.0947. The van der Waals surface area contributed by atoms with Gasteiger partial charge in [0.05, 0.1) is 13.2 Å². The van der Waals surface area contributed by atoms with Crippen LogP contribution in [-0.2, 0) is 4.79 Å². The van der Waals surface area contributed by atoms with Crippen molar-refractivity contribution in [3.8, 4) is 0 Å². The minimum Gasteiger partial charge on any atom is -0.394 e. The molecule has 0 saturated heterocycles. The van der Waals surface area contributed by atoms with Crippen molar-refractivity contribution in [2.24, 2.45) is 0 Å². The Labute approximate surface area is 91.6 Å². The summed E-state index contributed by atoms with van der Waals surface area (Å²) < 4.78 is 0. The minimum absolute atomic E-state index is 0.0947. The van der Waals surface area contributed by atoms with Crippen LogP contribution in [0.15, 0.2) is 0 Å². The van der Waals surface area contributed by atoms with Crippen LogP contribution in [0.2, 0.25) is 0 Å². The third kappa shape index (κ3) is 3.18. The van der Waals surface area contributed by atoms with Crippen molar-refractivity contribution in [3.63, 3.8) is 0 Å². The molecule has 4 heteroatoms. The molecule has 1 saturated carbocycles. The summed E-state index contributed by atoms with van der Waals surface area (Å²) in [5, 5.41) is 12.6. The largest absolute Gasteiger partial charge is 0.394 e. The Morgan fingerprint density at radius 2 is 2.07 bits per heavy atom. The van der Waals surface area contributed by atoms with Crippen molar-refractivity contribution in [3.05, 3.63) is 0 Å². The number of aliphatic hydroxyl groups excluding tert-OH is 1. The molecule has 1 fully saturated rings. The van der Waals surface area contributed by atoms with Crippen molar-refractivity contribution >= 4 is 5.91 Å². The first kappa shape index (κ1) is 12.5. The van der Waals surface area contributed by atoms with Crippen LogP contribution in [0.1, 0.15) is 32.6 Å². The van der Waals surface area contributed by atoms with Crippen molar-refractivity contribution < 1.29 is 9.90 Å². The van der Waals surface area contributed by atoms with E-state index in [0.717, 1.165) is 32.2 Å². The van der Waals surface area contributed by atoms with Gasteiger partial charge in [-0.15, -0.1) is 0 Å². The lowest BCUT2D eigenvalue weighted by Gasteiger charge is -2.28. The molecular formula is C11H22N2O2. The van der Waals surface area contributed by atoms with Crippen molar-refractivity contribution in [1.29, 1.82) is 0 Å². The van der Waals surface area contributed by atoms with E-state index in [1.807, 2.05) is 6.92 Å². The van der Waals surface area contributed by atoms with Crippen LogP contribution in [-0.4, -0.2) is 48.2 Å². The number of aliphatic hydroxyl groups is 1. The number of nitrogens with zero attached hydrogens (tertiary/aromatic N) is 1. The fourth-order valence-electron chi connectivity index (χ4n) is 2.02. The van der Waals surface area contributed by atoms with Gasteiger partial charge in [0.2, 0.25) is 5.91 Å². The molecule has 0 bridgehead atoms. The summed E-state index contributed by atoms with van der Waals surface area (Å²) >= 11 is 0. The highest BCUT2D eigenvalue weighted by Gasteiger charge is 2.33. The Bertz CT molecular complexity index is 213. The third-order valence-corrected chi connectivity index (χ3v) is 3.38. The van der Waals surface area contributed by atoms with Crippen molar-refractivity contribution in [2.45, 2.75) is 38.1 Å². The smallest absolute Gasteiger partial charge is 0.236 e. The van der Waals surface area contributed by atoms with E-state index < -0.39 is 0 Å². The molecule has 0 radical (unpaired) electrons. The van der Waals surface area contributed by atoms with E-state index in [1.54, 1.807) is 11.9 Å². The molecule has 2 N–H and O–H groups in total. The molecule has 0 aromatic rings. The Kier molecular flexibility index (Phi) is 4.54. The van der Waals surface area contributed by atoms with Crippen molar-refractivity contribution in [1.82, 2.24) is 10.2 Å². The van der Waals surface area contributed by atoms with Gasteiger partial charge in [0.1, 0.15) is 0 Å². The molecule has 15 heavy (non-hydrogen) atoms. The van der Waals surface area contributed by atoms with Crippen LogP contribution in [0.25, 0.3) is 0 Å². The summed E-state index contributed by atoms with van der Waals surface area (Å²) in [6.07, 6.45) is 4.25. The maximum absolute atomic E-state index is 11.6. The Morgan fingerprint density at radius 1 is 1.47 bits per heavy atom. The lowest BCUT2D eigenvalue weighted by Crippen LogP contribution is -2.50. The summed E-state index contributed by atoms with van der Waals surface area (Å²) in [7, 11) is 1.80. The zero-order valence-electron chi connectivity index (χ0n) is 9.75. The average Bonchev–Trinajstić information content (AvgIpc) is 2.74. The molecule has 0 spiro atoms. The standard InChI is InChI=1S/C11H22N2O2/c1-3-13(2)10(15)8-12-11(9-14)6-4-5-7-11/h12,14H,3-9H2,1-2H3. The van der Waals surface area contributed by atoms with Gasteiger partial charge in [0.15, 0.2) is 0 Å². The molecule has 0 aromatic carbocycles. The highest BCUT2D eigenvalue weighted by Crippen LogP contribution is 2.28. The highest BCUT2D eigenvalue weighted by molar-refractivity contribution is 5.78. The van der Waals surface area contributed by atoms with Gasteiger partial charge in [-0.05, 0) is 19.8 Å². The van der Waals surface area contributed by atoms with Crippen LogP contribution in [0.3, 0.4) is 0 Å². The molecule has 1 aliphatic carbocycles. The number of carbonyl (C=O) groups excluding carboxylic acids is 1. The zero-order chi connectivity index (χ0) is 11.3. The maximum Gasteiger partial charge on any atom is 0.236 e. The Morgan fingerprint density at radius 3 is 2.53 bits per heavy atom. The first-order valence-corrected chi connectivity index (χ1v) is 5.73. The fourth-order valence-corrected chi connectivity index (χ4v) is 2.02. The second-order valence-electron chi connectivity index (χ2n) is 4.41. The number of rotatable bonds is 5. The first-order chi connectivity index (χ1) is 7.13. The van der Waals surface area contributed by atoms with E-state index in [-0.39, 0.29) is 18.1 Å². The molecule has 0 aromatic heterocycles. The normalized spacial score (nSPS) is 19.1.